The van der Waals surface area contributed by atoms with Crippen molar-refractivity contribution in [1.82, 2.24) is 9.55 Å². The maximum Gasteiger partial charge on any atom is 0.263 e. The maximum atomic E-state index is 13.5. The molecule has 1 atom stereocenters. The van der Waals surface area contributed by atoms with Gasteiger partial charge in [-0.15, -0.1) is 22.7 Å². The predicted octanol–water partition coefficient (Wildman–Crippen LogP) is 6.15. The van der Waals surface area contributed by atoms with Crippen molar-refractivity contribution in [2.24, 2.45) is 5.92 Å². The molecular formula is C26H23BrN4O2S2. The van der Waals surface area contributed by atoms with Crippen molar-refractivity contribution in [2.45, 2.75) is 46.1 Å². The molecule has 1 N–H and O–H groups in total. The van der Waals surface area contributed by atoms with Gasteiger partial charge in [-0.25, -0.2) is 4.98 Å². The second-order valence-corrected chi connectivity index (χ2v) is 11.9. The van der Waals surface area contributed by atoms with Gasteiger partial charge in [0.15, 0.2) is 0 Å². The smallest absolute Gasteiger partial charge is 0.263 e. The molecule has 0 saturated carbocycles. The standard InChI is InChI=1S/C26H23BrN4O2S2/c1-3-19-22(15-5-7-16(27)8-6-15)23-25(34-19)29-13-31(26(23)33)12-21(32)30-24-18(11-28)17-9-4-14(2)10-20(17)35-24/h5-8,13-14H,3-4,9-10,12H2,1-2H3,(H,30,32). The van der Waals surface area contributed by atoms with Gasteiger partial charge >= 0.3 is 0 Å². The maximum absolute atomic E-state index is 13.5. The number of thiophene rings is 2. The van der Waals surface area contributed by atoms with Crippen molar-refractivity contribution >= 4 is 59.7 Å². The highest BCUT2D eigenvalue weighted by atomic mass is 79.9. The fourth-order valence-electron chi connectivity index (χ4n) is 4.63. The van der Waals surface area contributed by atoms with Crippen molar-refractivity contribution in [3.8, 4) is 17.2 Å². The van der Waals surface area contributed by atoms with Gasteiger partial charge in [-0.3, -0.25) is 14.2 Å². The van der Waals surface area contributed by atoms with E-state index < -0.39 is 0 Å². The minimum Gasteiger partial charge on any atom is -0.315 e. The molecule has 1 aliphatic rings. The number of nitriles is 1. The topological polar surface area (TPSA) is 87.8 Å². The van der Waals surface area contributed by atoms with E-state index in [0.717, 1.165) is 51.7 Å². The molecule has 1 amide bonds. The van der Waals surface area contributed by atoms with Crippen molar-refractivity contribution in [3.05, 3.63) is 66.3 Å². The summed E-state index contributed by atoms with van der Waals surface area (Å²) in [6, 6.07) is 10.1. The summed E-state index contributed by atoms with van der Waals surface area (Å²) in [6.45, 7) is 4.11. The second kappa shape index (κ2) is 9.69. The van der Waals surface area contributed by atoms with Crippen LogP contribution in [-0.4, -0.2) is 15.5 Å². The molecule has 0 saturated heterocycles. The molecule has 0 spiro atoms. The Morgan fingerprint density at radius 2 is 2.09 bits per heavy atom. The molecule has 178 valence electrons. The molecule has 0 radical (unpaired) electrons. The number of fused-ring (bicyclic) bond motifs is 2. The fraction of sp³-hybridized carbons (Fsp3) is 0.308. The van der Waals surface area contributed by atoms with Crippen LogP contribution in [0.5, 0.6) is 0 Å². The summed E-state index contributed by atoms with van der Waals surface area (Å²) in [7, 11) is 0. The Morgan fingerprint density at radius 1 is 1.31 bits per heavy atom. The summed E-state index contributed by atoms with van der Waals surface area (Å²) >= 11 is 6.47. The SMILES string of the molecule is CCc1sc2ncn(CC(=O)Nc3sc4c(c3C#N)CCC(C)C4)c(=O)c2c1-c1ccc(Br)cc1. The van der Waals surface area contributed by atoms with Crippen molar-refractivity contribution < 1.29 is 4.79 Å². The number of benzene rings is 1. The van der Waals surface area contributed by atoms with Crippen LogP contribution in [0, 0.1) is 17.2 Å². The van der Waals surface area contributed by atoms with Crippen LogP contribution in [0.3, 0.4) is 0 Å². The number of carbonyl (C=O) groups excluding carboxylic acids is 1. The summed E-state index contributed by atoms with van der Waals surface area (Å²) in [5.74, 6) is 0.235. The highest BCUT2D eigenvalue weighted by Crippen LogP contribution is 2.39. The molecule has 1 unspecified atom stereocenters. The quantitative estimate of drug-likeness (QED) is 0.314. The van der Waals surface area contributed by atoms with Gasteiger partial charge in [-0.1, -0.05) is 41.9 Å². The first-order chi connectivity index (χ1) is 16.9. The van der Waals surface area contributed by atoms with Gasteiger partial charge in [0.2, 0.25) is 5.91 Å². The number of nitrogens with one attached hydrogen (secondary N) is 1. The molecule has 6 nitrogen and oxygen atoms in total. The van der Waals surface area contributed by atoms with Gasteiger partial charge in [-0.2, -0.15) is 5.26 Å². The molecule has 0 bridgehead atoms. The number of hydrogen-bond acceptors (Lipinski definition) is 6. The molecule has 0 fully saturated rings. The number of aryl methyl sites for hydroxylation is 1. The Hall–Kier alpha value is -2.80. The van der Waals surface area contributed by atoms with E-state index in [1.807, 2.05) is 24.3 Å². The van der Waals surface area contributed by atoms with Crippen LogP contribution in [0.2, 0.25) is 0 Å². The van der Waals surface area contributed by atoms with Gasteiger partial charge in [0.1, 0.15) is 22.4 Å². The molecule has 3 aromatic heterocycles. The van der Waals surface area contributed by atoms with Crippen LogP contribution < -0.4 is 10.9 Å². The number of aromatic nitrogens is 2. The van der Waals surface area contributed by atoms with Crippen LogP contribution in [0.4, 0.5) is 5.00 Å². The molecule has 0 aliphatic heterocycles. The third-order valence-corrected chi connectivity index (χ3v) is 9.34. The number of hydrogen-bond donors (Lipinski definition) is 1. The summed E-state index contributed by atoms with van der Waals surface area (Å²) in [5.41, 5.74) is 3.23. The molecule has 9 heteroatoms. The lowest BCUT2D eigenvalue weighted by atomic mass is 9.89. The minimum absolute atomic E-state index is 0.164. The number of nitrogens with zero attached hydrogens (tertiary/aromatic N) is 3. The number of rotatable bonds is 5. The number of anilines is 1. The van der Waals surface area contributed by atoms with E-state index in [1.54, 1.807) is 0 Å². The highest BCUT2D eigenvalue weighted by molar-refractivity contribution is 9.10. The summed E-state index contributed by atoms with van der Waals surface area (Å²) < 4.78 is 2.32. The van der Waals surface area contributed by atoms with E-state index in [9.17, 15) is 14.9 Å². The Morgan fingerprint density at radius 3 is 2.80 bits per heavy atom. The lowest BCUT2D eigenvalue weighted by Gasteiger charge is -2.17. The Bertz CT molecular complexity index is 1540. The zero-order valence-electron chi connectivity index (χ0n) is 19.4. The van der Waals surface area contributed by atoms with Gasteiger partial charge < -0.3 is 5.32 Å². The molecule has 1 aromatic carbocycles. The molecular weight excluding hydrogens is 544 g/mol. The van der Waals surface area contributed by atoms with Crippen LogP contribution in [0.1, 0.15) is 41.1 Å². The van der Waals surface area contributed by atoms with E-state index >= 15 is 0 Å². The van der Waals surface area contributed by atoms with Crippen molar-refractivity contribution in [3.63, 3.8) is 0 Å². The minimum atomic E-state index is -0.340. The Kier molecular flexibility index (Phi) is 6.62. The van der Waals surface area contributed by atoms with Gasteiger partial charge in [-0.05, 0) is 54.9 Å². The molecule has 3 heterocycles. The average molecular weight is 568 g/mol. The monoisotopic (exact) mass is 566 g/mol. The second-order valence-electron chi connectivity index (χ2n) is 8.83. The van der Waals surface area contributed by atoms with E-state index in [4.69, 9.17) is 0 Å². The van der Waals surface area contributed by atoms with Gasteiger partial charge in [0.05, 0.1) is 17.3 Å². The average Bonchev–Trinajstić information content (AvgIpc) is 3.38. The molecule has 5 rings (SSSR count). The zero-order chi connectivity index (χ0) is 24.7. The van der Waals surface area contributed by atoms with Gasteiger partial charge in [0, 0.05) is 19.8 Å². The first-order valence-corrected chi connectivity index (χ1v) is 13.9. The van der Waals surface area contributed by atoms with E-state index in [1.165, 1.54) is 38.4 Å². The van der Waals surface area contributed by atoms with Crippen LogP contribution in [0.25, 0.3) is 21.3 Å². The van der Waals surface area contributed by atoms with E-state index in [0.29, 0.717) is 26.7 Å². The number of halogens is 1. The normalized spacial score (nSPS) is 15.1. The largest absolute Gasteiger partial charge is 0.315 e. The summed E-state index contributed by atoms with van der Waals surface area (Å²) in [6.07, 6.45) is 5.07. The lowest BCUT2D eigenvalue weighted by molar-refractivity contribution is -0.116. The van der Waals surface area contributed by atoms with E-state index in [-0.39, 0.29) is 18.0 Å². The Labute approximate surface area is 219 Å². The fourth-order valence-corrected chi connectivity index (χ4v) is 7.37. The zero-order valence-corrected chi connectivity index (χ0v) is 22.6. The summed E-state index contributed by atoms with van der Waals surface area (Å²) in [5, 5.41) is 13.7. The van der Waals surface area contributed by atoms with Crippen LogP contribution in [-0.2, 0) is 30.6 Å². The van der Waals surface area contributed by atoms with Crippen LogP contribution in [0.15, 0.2) is 39.9 Å². The third-order valence-electron chi connectivity index (χ3n) is 6.40. The van der Waals surface area contributed by atoms with E-state index in [2.05, 4.69) is 46.1 Å². The van der Waals surface area contributed by atoms with Crippen LogP contribution >= 0.6 is 38.6 Å². The first kappa shape index (κ1) is 23.9. The molecule has 4 aromatic rings. The lowest BCUT2D eigenvalue weighted by Crippen LogP contribution is -2.27. The third kappa shape index (κ3) is 4.46. The molecule has 35 heavy (non-hydrogen) atoms. The summed E-state index contributed by atoms with van der Waals surface area (Å²) in [4.78, 5) is 33.9. The van der Waals surface area contributed by atoms with Crippen molar-refractivity contribution in [2.75, 3.05) is 5.32 Å². The highest BCUT2D eigenvalue weighted by Gasteiger charge is 2.25. The Balaban J connectivity index is 1.48. The van der Waals surface area contributed by atoms with Gasteiger partial charge in [0.25, 0.3) is 5.56 Å². The number of amides is 1. The molecule has 1 aliphatic carbocycles. The number of carbonyl (C=O) groups is 1. The predicted molar refractivity (Wildman–Crippen MR) is 145 cm³/mol. The van der Waals surface area contributed by atoms with Crippen molar-refractivity contribution in [1.29, 1.82) is 5.26 Å². The first-order valence-electron chi connectivity index (χ1n) is 11.5.